The van der Waals surface area contributed by atoms with E-state index in [0.717, 1.165) is 53.0 Å². The minimum Gasteiger partial charge on any atom is -0.489 e. The monoisotopic (exact) mass is 485 g/mol. The van der Waals surface area contributed by atoms with Crippen LogP contribution in [0, 0.1) is 0 Å². The number of aromatic amines is 1. The van der Waals surface area contributed by atoms with Crippen LogP contribution in [0.5, 0.6) is 5.75 Å². The number of amides is 1. The molecule has 5 rings (SSSR count). The fraction of sp³-hybridized carbons (Fsp3) is 0.241. The van der Waals surface area contributed by atoms with Gasteiger partial charge in [0.15, 0.2) is 0 Å². The summed E-state index contributed by atoms with van der Waals surface area (Å²) >= 11 is 6.11. The predicted octanol–water partition coefficient (Wildman–Crippen LogP) is 7.04. The molecule has 1 unspecified atom stereocenters. The molecule has 178 valence electrons. The number of ether oxygens (including phenoxy) is 1. The summed E-state index contributed by atoms with van der Waals surface area (Å²) in [5.41, 5.74) is 5.38. The number of carbonyl (C=O) groups is 1. The maximum Gasteiger partial charge on any atom is 0.273 e. The van der Waals surface area contributed by atoms with Gasteiger partial charge in [-0.1, -0.05) is 86.0 Å². The van der Waals surface area contributed by atoms with Gasteiger partial charge in [0.1, 0.15) is 18.1 Å². The topological polar surface area (TPSA) is 58.2 Å². The molecule has 1 aliphatic heterocycles. The van der Waals surface area contributed by atoms with Crippen molar-refractivity contribution < 1.29 is 9.53 Å². The Balaban J connectivity index is 1.46. The number of unbranched alkanes of at least 4 members (excludes halogenated alkanes) is 2. The minimum atomic E-state index is -0.207. The summed E-state index contributed by atoms with van der Waals surface area (Å²) in [4.78, 5) is 15.4. The van der Waals surface area contributed by atoms with Gasteiger partial charge in [0.25, 0.3) is 5.91 Å². The lowest BCUT2D eigenvalue weighted by Crippen LogP contribution is -2.30. The number of fused-ring (bicyclic) bond motifs is 1. The molecule has 1 aromatic heterocycles. The number of H-pyrrole nitrogens is 1. The van der Waals surface area contributed by atoms with Crippen molar-refractivity contribution in [3.63, 3.8) is 0 Å². The fourth-order valence-electron chi connectivity index (χ4n) is 4.62. The van der Waals surface area contributed by atoms with Crippen molar-refractivity contribution in [1.29, 1.82) is 0 Å². The molecule has 0 aliphatic carbocycles. The molecule has 3 aromatic carbocycles. The first-order chi connectivity index (χ1) is 17.2. The Morgan fingerprint density at radius 2 is 1.71 bits per heavy atom. The fourth-order valence-corrected chi connectivity index (χ4v) is 4.75. The molecule has 0 saturated heterocycles. The van der Waals surface area contributed by atoms with E-state index in [9.17, 15) is 4.79 Å². The van der Waals surface area contributed by atoms with Crippen LogP contribution in [0.1, 0.15) is 59.4 Å². The van der Waals surface area contributed by atoms with Gasteiger partial charge in [-0.2, -0.15) is 5.10 Å². The molecule has 0 saturated carbocycles. The van der Waals surface area contributed by atoms with Crippen molar-refractivity contribution in [2.45, 2.75) is 38.8 Å². The molecule has 4 aromatic rings. The molecule has 0 fully saturated rings. The third kappa shape index (κ3) is 4.82. The van der Waals surface area contributed by atoms with Gasteiger partial charge in [-0.3, -0.25) is 9.89 Å². The summed E-state index contributed by atoms with van der Waals surface area (Å²) in [6.07, 6.45) is 3.15. The van der Waals surface area contributed by atoms with Crippen LogP contribution in [0.2, 0.25) is 5.02 Å². The summed E-state index contributed by atoms with van der Waals surface area (Å²) in [6, 6.07) is 25.6. The Morgan fingerprint density at radius 1 is 0.971 bits per heavy atom. The standard InChI is InChI=1S/C29H28ClN3O2/c1-2-3-7-18-33-28(22-12-16-24(17-13-22)35-19-20-8-5-4-6-9-20)25-26(31-32-27(25)29(33)34)21-10-14-23(30)15-11-21/h4-6,8-17,28H,2-3,7,18-19H2,1H3,(H,31,32). The first-order valence-corrected chi connectivity index (χ1v) is 12.5. The molecule has 0 radical (unpaired) electrons. The SMILES string of the molecule is CCCCCN1C(=O)c2[nH]nc(-c3ccc(Cl)cc3)c2C1c1ccc(OCc2ccccc2)cc1. The third-order valence-electron chi connectivity index (χ3n) is 6.43. The molecular formula is C29H28ClN3O2. The van der Waals surface area contributed by atoms with E-state index in [-0.39, 0.29) is 11.9 Å². The number of halogens is 1. The average molecular weight is 486 g/mol. The first kappa shape index (κ1) is 23.2. The number of nitrogens with zero attached hydrogens (tertiary/aromatic N) is 2. The normalized spacial score (nSPS) is 14.9. The first-order valence-electron chi connectivity index (χ1n) is 12.1. The van der Waals surface area contributed by atoms with Gasteiger partial charge in [-0.15, -0.1) is 0 Å². The van der Waals surface area contributed by atoms with Crippen molar-refractivity contribution in [3.8, 4) is 17.0 Å². The van der Waals surface area contributed by atoms with Crippen LogP contribution < -0.4 is 4.74 Å². The largest absolute Gasteiger partial charge is 0.489 e. The molecule has 2 heterocycles. The highest BCUT2D eigenvalue weighted by Gasteiger charge is 2.41. The van der Waals surface area contributed by atoms with E-state index in [1.807, 2.05) is 71.6 Å². The summed E-state index contributed by atoms with van der Waals surface area (Å²) in [7, 11) is 0. The van der Waals surface area contributed by atoms with Gasteiger partial charge in [0, 0.05) is 22.7 Å². The van der Waals surface area contributed by atoms with Crippen LogP contribution in [-0.2, 0) is 6.61 Å². The number of benzene rings is 3. The molecule has 1 amide bonds. The second-order valence-corrected chi connectivity index (χ2v) is 9.26. The van der Waals surface area contributed by atoms with Crippen LogP contribution >= 0.6 is 11.6 Å². The van der Waals surface area contributed by atoms with E-state index in [2.05, 4.69) is 29.3 Å². The third-order valence-corrected chi connectivity index (χ3v) is 6.68. The number of carbonyl (C=O) groups excluding carboxylic acids is 1. The zero-order valence-corrected chi connectivity index (χ0v) is 20.5. The molecule has 1 aliphatic rings. The quantitative estimate of drug-likeness (QED) is 0.258. The highest BCUT2D eigenvalue weighted by atomic mass is 35.5. The molecule has 5 nitrogen and oxygen atoms in total. The van der Waals surface area contributed by atoms with Crippen LogP contribution in [0.25, 0.3) is 11.3 Å². The van der Waals surface area contributed by atoms with Crippen molar-refractivity contribution in [1.82, 2.24) is 15.1 Å². The lowest BCUT2D eigenvalue weighted by molar-refractivity contribution is 0.0740. The highest BCUT2D eigenvalue weighted by molar-refractivity contribution is 6.30. The Kier molecular flexibility index (Phi) is 6.87. The minimum absolute atomic E-state index is 0.00165. The van der Waals surface area contributed by atoms with Crippen molar-refractivity contribution in [2.75, 3.05) is 6.54 Å². The van der Waals surface area contributed by atoms with E-state index >= 15 is 0 Å². The van der Waals surface area contributed by atoms with E-state index in [0.29, 0.717) is 23.9 Å². The zero-order valence-electron chi connectivity index (χ0n) is 19.7. The van der Waals surface area contributed by atoms with Gasteiger partial charge < -0.3 is 9.64 Å². The van der Waals surface area contributed by atoms with Crippen molar-refractivity contribution in [2.24, 2.45) is 0 Å². The molecule has 6 heteroatoms. The molecule has 0 bridgehead atoms. The Labute approximate surface area is 210 Å². The second-order valence-electron chi connectivity index (χ2n) is 8.82. The van der Waals surface area contributed by atoms with E-state index in [4.69, 9.17) is 16.3 Å². The Bertz CT molecular complexity index is 1280. The van der Waals surface area contributed by atoms with Crippen molar-refractivity contribution >= 4 is 17.5 Å². The number of aromatic nitrogens is 2. The summed E-state index contributed by atoms with van der Waals surface area (Å²) in [6.45, 7) is 3.38. The number of rotatable bonds is 9. The maximum atomic E-state index is 13.4. The lowest BCUT2D eigenvalue weighted by atomic mass is 9.96. The molecule has 1 N–H and O–H groups in total. The number of hydrogen-bond acceptors (Lipinski definition) is 3. The van der Waals surface area contributed by atoms with Crippen molar-refractivity contribution in [3.05, 3.63) is 106 Å². The van der Waals surface area contributed by atoms with E-state index in [1.165, 1.54) is 0 Å². The van der Waals surface area contributed by atoms with Crippen LogP contribution in [0.4, 0.5) is 0 Å². The van der Waals surface area contributed by atoms with Crippen LogP contribution in [-0.4, -0.2) is 27.5 Å². The predicted molar refractivity (Wildman–Crippen MR) is 139 cm³/mol. The van der Waals surface area contributed by atoms with Gasteiger partial charge in [-0.05, 0) is 41.8 Å². The smallest absolute Gasteiger partial charge is 0.273 e. The summed E-state index contributed by atoms with van der Waals surface area (Å²) in [5.74, 6) is 0.794. The Hall–Kier alpha value is -3.57. The molecule has 0 spiro atoms. The maximum absolute atomic E-state index is 13.4. The zero-order chi connectivity index (χ0) is 24.2. The summed E-state index contributed by atoms with van der Waals surface area (Å²) in [5, 5.41) is 8.22. The number of nitrogens with one attached hydrogen (secondary N) is 1. The van der Waals surface area contributed by atoms with Gasteiger partial charge in [-0.25, -0.2) is 0 Å². The highest BCUT2D eigenvalue weighted by Crippen LogP contribution is 2.43. The number of hydrogen-bond donors (Lipinski definition) is 1. The molecule has 1 atom stereocenters. The lowest BCUT2D eigenvalue weighted by Gasteiger charge is -2.26. The molecular weight excluding hydrogens is 458 g/mol. The van der Waals surface area contributed by atoms with Gasteiger partial charge in [0.2, 0.25) is 0 Å². The van der Waals surface area contributed by atoms with Crippen LogP contribution in [0.15, 0.2) is 78.9 Å². The van der Waals surface area contributed by atoms with E-state index in [1.54, 1.807) is 0 Å². The van der Waals surface area contributed by atoms with Gasteiger partial charge >= 0.3 is 0 Å². The average Bonchev–Trinajstić information content (AvgIpc) is 3.43. The van der Waals surface area contributed by atoms with Gasteiger partial charge in [0.05, 0.1) is 11.7 Å². The summed E-state index contributed by atoms with van der Waals surface area (Å²) < 4.78 is 5.98. The Morgan fingerprint density at radius 3 is 2.43 bits per heavy atom. The molecule has 35 heavy (non-hydrogen) atoms. The van der Waals surface area contributed by atoms with E-state index < -0.39 is 0 Å². The second kappa shape index (κ2) is 10.4. The van der Waals surface area contributed by atoms with Crippen LogP contribution in [0.3, 0.4) is 0 Å².